The van der Waals surface area contributed by atoms with Crippen molar-refractivity contribution >= 4 is 92.9 Å². The van der Waals surface area contributed by atoms with Crippen molar-refractivity contribution in [1.29, 1.82) is 0 Å². The van der Waals surface area contributed by atoms with Crippen LogP contribution in [0.3, 0.4) is 0 Å². The average Bonchev–Trinajstić information content (AvgIpc) is 2.02. The Balaban J connectivity index is -0.000000720. The predicted molar refractivity (Wildman–Crippen MR) is 61.7 cm³/mol. The maximum atomic E-state index is 10.8. The van der Waals surface area contributed by atoms with Crippen molar-refractivity contribution in [3.8, 4) is 0 Å². The van der Waals surface area contributed by atoms with Crippen molar-refractivity contribution in [3.05, 3.63) is 0 Å². The summed E-state index contributed by atoms with van der Waals surface area (Å²) in [6, 6.07) is 0. The number of carboxylic acids is 2. The van der Waals surface area contributed by atoms with Crippen molar-refractivity contribution in [2.75, 3.05) is 0 Å². The van der Waals surface area contributed by atoms with Crippen LogP contribution in [-0.4, -0.2) is 103 Å². The summed E-state index contributed by atoms with van der Waals surface area (Å²) in [5.41, 5.74) is -1.66. The summed E-state index contributed by atoms with van der Waals surface area (Å²) in [6.07, 6.45) is 1.40. The number of carbonyl (C=O) groups is 2. The minimum absolute atomic E-state index is 0. The molecular formula is C9H18KNaO4. The Morgan fingerprint density at radius 3 is 1.80 bits per heavy atom. The summed E-state index contributed by atoms with van der Waals surface area (Å²) >= 11 is 0. The summed E-state index contributed by atoms with van der Waals surface area (Å²) in [4.78, 5) is 21.6. The van der Waals surface area contributed by atoms with Crippen molar-refractivity contribution in [2.45, 2.75) is 33.6 Å². The SMILES string of the molecule is CCCC(C)C(C)(C(=O)O)C(=O)O.[KH].[NaH]. The molecule has 0 aromatic carbocycles. The van der Waals surface area contributed by atoms with Crippen LogP contribution in [-0.2, 0) is 9.59 Å². The number of hydrogen-bond acceptors (Lipinski definition) is 2. The van der Waals surface area contributed by atoms with Crippen LogP contribution < -0.4 is 0 Å². The molecular weight excluding hydrogens is 234 g/mol. The van der Waals surface area contributed by atoms with Gasteiger partial charge < -0.3 is 10.2 Å². The molecule has 0 amide bonds. The molecule has 0 aliphatic rings. The monoisotopic (exact) mass is 252 g/mol. The van der Waals surface area contributed by atoms with Gasteiger partial charge in [-0.2, -0.15) is 0 Å². The van der Waals surface area contributed by atoms with Crippen molar-refractivity contribution in [3.63, 3.8) is 0 Å². The summed E-state index contributed by atoms with van der Waals surface area (Å²) in [5.74, 6) is -2.88. The first-order valence-corrected chi connectivity index (χ1v) is 4.34. The Hall–Kier alpha value is 1.58. The zero-order valence-electron chi connectivity index (χ0n) is 8.20. The summed E-state index contributed by atoms with van der Waals surface area (Å²) < 4.78 is 0. The molecule has 0 aromatic heterocycles. The Bertz CT molecular complexity index is 206. The molecule has 6 heteroatoms. The van der Waals surface area contributed by atoms with Crippen LogP contribution in [0.2, 0.25) is 0 Å². The summed E-state index contributed by atoms with van der Waals surface area (Å²) in [7, 11) is 0. The third kappa shape index (κ3) is 5.63. The molecule has 1 unspecified atom stereocenters. The van der Waals surface area contributed by atoms with Gasteiger partial charge in [0.1, 0.15) is 0 Å². The zero-order chi connectivity index (χ0) is 10.6. The van der Waals surface area contributed by atoms with E-state index in [4.69, 9.17) is 10.2 Å². The third-order valence-corrected chi connectivity index (χ3v) is 2.60. The van der Waals surface area contributed by atoms with E-state index in [1.165, 1.54) is 6.92 Å². The van der Waals surface area contributed by atoms with Crippen LogP contribution in [0.4, 0.5) is 0 Å². The molecule has 0 rings (SSSR count). The zero-order valence-corrected chi connectivity index (χ0v) is 8.20. The second-order valence-corrected chi connectivity index (χ2v) is 3.50. The Morgan fingerprint density at radius 1 is 1.27 bits per heavy atom. The van der Waals surface area contributed by atoms with Crippen molar-refractivity contribution in [2.24, 2.45) is 11.3 Å². The van der Waals surface area contributed by atoms with Crippen LogP contribution in [0.1, 0.15) is 33.6 Å². The topological polar surface area (TPSA) is 74.6 Å². The van der Waals surface area contributed by atoms with Gasteiger partial charge in [-0.25, -0.2) is 0 Å². The first kappa shape index (κ1) is 21.8. The van der Waals surface area contributed by atoms with Crippen LogP contribution >= 0.6 is 0 Å². The molecule has 1 atom stereocenters. The molecule has 0 heterocycles. The van der Waals surface area contributed by atoms with Crippen LogP contribution in [0, 0.1) is 11.3 Å². The normalized spacial score (nSPS) is 11.9. The van der Waals surface area contributed by atoms with E-state index in [1.807, 2.05) is 6.92 Å². The van der Waals surface area contributed by atoms with E-state index in [0.717, 1.165) is 6.42 Å². The Labute approximate surface area is 155 Å². The van der Waals surface area contributed by atoms with Gasteiger partial charge in [0, 0.05) is 0 Å². The Morgan fingerprint density at radius 2 is 1.60 bits per heavy atom. The molecule has 4 nitrogen and oxygen atoms in total. The van der Waals surface area contributed by atoms with Gasteiger partial charge in [0.05, 0.1) is 0 Å². The van der Waals surface area contributed by atoms with Crippen LogP contribution in [0.25, 0.3) is 0 Å². The van der Waals surface area contributed by atoms with Gasteiger partial charge in [0.15, 0.2) is 5.41 Å². The van der Waals surface area contributed by atoms with E-state index < -0.39 is 17.4 Å². The fourth-order valence-electron chi connectivity index (χ4n) is 1.23. The Kier molecular flexibility index (Phi) is 14.0. The molecule has 0 saturated heterocycles. The second-order valence-electron chi connectivity index (χ2n) is 3.50. The van der Waals surface area contributed by atoms with Gasteiger partial charge in [-0.3, -0.25) is 9.59 Å². The van der Waals surface area contributed by atoms with Gasteiger partial charge >= 0.3 is 92.9 Å². The van der Waals surface area contributed by atoms with E-state index in [2.05, 4.69) is 0 Å². The van der Waals surface area contributed by atoms with E-state index in [1.54, 1.807) is 6.92 Å². The molecule has 2 N–H and O–H groups in total. The number of rotatable bonds is 5. The van der Waals surface area contributed by atoms with Gasteiger partial charge in [-0.05, 0) is 19.3 Å². The third-order valence-electron chi connectivity index (χ3n) is 2.60. The molecule has 0 aliphatic carbocycles. The first-order chi connectivity index (χ1) is 5.87. The van der Waals surface area contributed by atoms with Crippen molar-refractivity contribution < 1.29 is 19.8 Å². The minimum atomic E-state index is -1.66. The summed E-state index contributed by atoms with van der Waals surface area (Å²) in [6.45, 7) is 4.82. The molecule has 15 heavy (non-hydrogen) atoms. The maximum absolute atomic E-state index is 10.8. The van der Waals surface area contributed by atoms with Gasteiger partial charge in [0.2, 0.25) is 0 Å². The molecule has 0 saturated carbocycles. The van der Waals surface area contributed by atoms with E-state index in [-0.39, 0.29) is 86.9 Å². The molecule has 0 aromatic rings. The van der Waals surface area contributed by atoms with Crippen molar-refractivity contribution in [1.82, 2.24) is 0 Å². The standard InChI is InChI=1S/C9H16O4.K.Na.2H/c1-4-5-6(2)9(3,7(10)11)8(12)13;;;;/h6H,4-5H2,1-3H3,(H,10,11)(H,12,13);;;;. The number of hydrogen-bond donors (Lipinski definition) is 2. The molecule has 0 spiro atoms. The quantitative estimate of drug-likeness (QED) is 0.545. The van der Waals surface area contributed by atoms with E-state index in [9.17, 15) is 9.59 Å². The number of carboxylic acid groups (broad SMARTS) is 2. The van der Waals surface area contributed by atoms with Crippen LogP contribution in [0.15, 0.2) is 0 Å². The fourth-order valence-corrected chi connectivity index (χ4v) is 1.23. The average molecular weight is 252 g/mol. The second kappa shape index (κ2) is 9.59. The summed E-state index contributed by atoms with van der Waals surface area (Å²) in [5, 5.41) is 17.6. The van der Waals surface area contributed by atoms with E-state index in [0.29, 0.717) is 6.42 Å². The molecule has 0 aliphatic heterocycles. The molecule has 0 bridgehead atoms. The van der Waals surface area contributed by atoms with Crippen LogP contribution in [0.5, 0.6) is 0 Å². The molecule has 0 radical (unpaired) electrons. The van der Waals surface area contributed by atoms with Gasteiger partial charge in [0.25, 0.3) is 0 Å². The molecule has 0 fully saturated rings. The first-order valence-electron chi connectivity index (χ1n) is 4.34. The predicted octanol–water partition coefficient (Wildman–Crippen LogP) is 0.301. The van der Waals surface area contributed by atoms with Gasteiger partial charge in [-0.1, -0.05) is 20.3 Å². The van der Waals surface area contributed by atoms with Gasteiger partial charge in [-0.15, -0.1) is 0 Å². The van der Waals surface area contributed by atoms with E-state index >= 15 is 0 Å². The number of aliphatic carboxylic acids is 2. The molecule has 80 valence electrons. The fraction of sp³-hybridized carbons (Fsp3) is 0.778.